The molecule has 1 atom stereocenters. The summed E-state index contributed by atoms with van der Waals surface area (Å²) in [5, 5.41) is 3.03. The van der Waals surface area contributed by atoms with Crippen molar-refractivity contribution >= 4 is 15.9 Å². The van der Waals surface area contributed by atoms with E-state index in [1.54, 1.807) is 0 Å². The summed E-state index contributed by atoms with van der Waals surface area (Å²) in [4.78, 5) is 15.0. The van der Waals surface area contributed by atoms with E-state index in [0.29, 0.717) is 26.1 Å². The van der Waals surface area contributed by atoms with Crippen molar-refractivity contribution in [3.05, 3.63) is 35.9 Å². The Bertz CT molecular complexity index is 733. The molecule has 2 fully saturated rings. The minimum atomic E-state index is -3.31. The minimum absolute atomic E-state index is 0.00982. The number of hydrogen-bond acceptors (Lipinski definition) is 4. The Morgan fingerprint density at radius 1 is 1.03 bits per heavy atom. The molecule has 1 amide bonds. The van der Waals surface area contributed by atoms with Gasteiger partial charge in [0.15, 0.2) is 0 Å². The molecular formula is C22H35N3O3S. The molecule has 0 unspecified atom stereocenters. The van der Waals surface area contributed by atoms with Crippen molar-refractivity contribution in [2.75, 3.05) is 45.0 Å². The molecule has 2 aliphatic heterocycles. The number of sulfonamides is 1. The van der Waals surface area contributed by atoms with Gasteiger partial charge in [-0.1, -0.05) is 30.3 Å². The van der Waals surface area contributed by atoms with E-state index < -0.39 is 10.0 Å². The van der Waals surface area contributed by atoms with Crippen LogP contribution in [0.2, 0.25) is 0 Å². The molecule has 0 aliphatic carbocycles. The van der Waals surface area contributed by atoms with Crippen LogP contribution in [-0.2, 0) is 21.2 Å². The predicted molar refractivity (Wildman–Crippen MR) is 116 cm³/mol. The maximum atomic E-state index is 12.7. The van der Waals surface area contributed by atoms with Crippen molar-refractivity contribution in [3.8, 4) is 0 Å². The van der Waals surface area contributed by atoms with Crippen molar-refractivity contribution in [3.63, 3.8) is 0 Å². The smallest absolute Gasteiger partial charge is 0.224 e. The molecule has 0 radical (unpaired) electrons. The summed E-state index contributed by atoms with van der Waals surface area (Å²) in [6, 6.07) is 9.96. The zero-order valence-corrected chi connectivity index (χ0v) is 18.2. The van der Waals surface area contributed by atoms with E-state index in [2.05, 4.69) is 10.2 Å². The van der Waals surface area contributed by atoms with Crippen LogP contribution in [0, 0.1) is 5.92 Å². The van der Waals surface area contributed by atoms with Crippen LogP contribution in [0.15, 0.2) is 30.3 Å². The molecule has 3 rings (SSSR count). The van der Waals surface area contributed by atoms with E-state index in [1.165, 1.54) is 30.2 Å². The summed E-state index contributed by atoms with van der Waals surface area (Å²) in [5.41, 5.74) is 1.16. The number of amides is 1. The molecule has 162 valence electrons. The number of aryl methyl sites for hydroxylation is 1. The molecule has 29 heavy (non-hydrogen) atoms. The highest BCUT2D eigenvalue weighted by Crippen LogP contribution is 2.20. The summed E-state index contributed by atoms with van der Waals surface area (Å²) in [6.07, 6.45) is 6.41. The minimum Gasteiger partial charge on any atom is -0.356 e. The van der Waals surface area contributed by atoms with Gasteiger partial charge in [-0.25, -0.2) is 12.7 Å². The number of nitrogens with zero attached hydrogens (tertiary/aromatic N) is 2. The lowest BCUT2D eigenvalue weighted by Gasteiger charge is -2.31. The van der Waals surface area contributed by atoms with Gasteiger partial charge in [-0.3, -0.25) is 4.79 Å². The van der Waals surface area contributed by atoms with Crippen molar-refractivity contribution in [2.45, 2.75) is 44.9 Å². The molecule has 2 saturated heterocycles. The Morgan fingerprint density at radius 2 is 1.79 bits per heavy atom. The number of piperidine rings is 1. The van der Waals surface area contributed by atoms with Gasteiger partial charge in [0.25, 0.3) is 0 Å². The maximum absolute atomic E-state index is 12.7. The van der Waals surface area contributed by atoms with E-state index in [1.807, 2.05) is 30.3 Å². The molecule has 0 spiro atoms. The van der Waals surface area contributed by atoms with Gasteiger partial charge in [0, 0.05) is 19.6 Å². The maximum Gasteiger partial charge on any atom is 0.224 e. The number of nitrogens with one attached hydrogen (secondary N) is 1. The van der Waals surface area contributed by atoms with E-state index in [4.69, 9.17) is 0 Å². The first-order valence-electron chi connectivity index (χ1n) is 11.1. The second-order valence-corrected chi connectivity index (χ2v) is 10.4. The summed E-state index contributed by atoms with van der Waals surface area (Å²) in [6.45, 7) is 4.92. The molecule has 0 aromatic heterocycles. The average molecular weight is 422 g/mol. The lowest BCUT2D eigenvalue weighted by Crippen LogP contribution is -2.46. The first-order valence-corrected chi connectivity index (χ1v) is 12.7. The Morgan fingerprint density at radius 3 is 2.55 bits per heavy atom. The molecule has 2 heterocycles. The van der Waals surface area contributed by atoms with Crippen LogP contribution in [0.5, 0.6) is 0 Å². The van der Waals surface area contributed by atoms with Crippen LogP contribution in [0.3, 0.4) is 0 Å². The second kappa shape index (κ2) is 11.1. The van der Waals surface area contributed by atoms with Gasteiger partial charge >= 0.3 is 0 Å². The van der Waals surface area contributed by atoms with Crippen molar-refractivity contribution in [1.29, 1.82) is 0 Å². The Hall–Kier alpha value is -1.44. The lowest BCUT2D eigenvalue weighted by atomic mass is 9.99. The van der Waals surface area contributed by atoms with Crippen molar-refractivity contribution in [2.24, 2.45) is 5.92 Å². The number of carbonyl (C=O) groups is 1. The SMILES string of the molecule is O=C(NCCCN1CCCC1)[C@@H]1CCCN(S(=O)(=O)CCCc2ccccc2)C1. The van der Waals surface area contributed by atoms with Crippen molar-refractivity contribution < 1.29 is 13.2 Å². The highest BCUT2D eigenvalue weighted by molar-refractivity contribution is 7.89. The van der Waals surface area contributed by atoms with Gasteiger partial charge in [-0.2, -0.15) is 0 Å². The average Bonchev–Trinajstić information content (AvgIpc) is 3.25. The van der Waals surface area contributed by atoms with E-state index in [0.717, 1.165) is 37.8 Å². The van der Waals surface area contributed by atoms with Crippen LogP contribution in [-0.4, -0.2) is 68.6 Å². The summed E-state index contributed by atoms with van der Waals surface area (Å²) in [5.74, 6) is -0.0680. The van der Waals surface area contributed by atoms with Gasteiger partial charge in [0.2, 0.25) is 15.9 Å². The first-order chi connectivity index (χ1) is 14.0. The molecule has 6 nitrogen and oxygen atoms in total. The molecule has 0 saturated carbocycles. The van der Waals surface area contributed by atoms with Crippen molar-refractivity contribution in [1.82, 2.24) is 14.5 Å². The van der Waals surface area contributed by atoms with Gasteiger partial charge in [-0.15, -0.1) is 0 Å². The van der Waals surface area contributed by atoms with Gasteiger partial charge in [0.05, 0.1) is 11.7 Å². The van der Waals surface area contributed by atoms with Crippen LogP contribution in [0.25, 0.3) is 0 Å². The highest BCUT2D eigenvalue weighted by atomic mass is 32.2. The summed E-state index contributed by atoms with van der Waals surface area (Å²) in [7, 11) is -3.31. The third-order valence-electron chi connectivity index (χ3n) is 6.01. The number of hydrogen-bond donors (Lipinski definition) is 1. The Labute approximate surface area is 175 Å². The molecule has 1 aromatic rings. The topological polar surface area (TPSA) is 69.7 Å². The first kappa shape index (κ1) is 22.2. The quantitative estimate of drug-likeness (QED) is 0.589. The monoisotopic (exact) mass is 421 g/mol. The van der Waals surface area contributed by atoms with Crippen LogP contribution < -0.4 is 5.32 Å². The van der Waals surface area contributed by atoms with Gasteiger partial charge in [0.1, 0.15) is 0 Å². The number of rotatable bonds is 10. The van der Waals surface area contributed by atoms with E-state index in [-0.39, 0.29) is 17.6 Å². The van der Waals surface area contributed by atoms with E-state index in [9.17, 15) is 13.2 Å². The predicted octanol–water partition coefficient (Wildman–Crippen LogP) is 2.26. The molecule has 1 N–H and O–H groups in total. The third-order valence-corrected chi connectivity index (χ3v) is 7.93. The fourth-order valence-electron chi connectivity index (χ4n) is 4.31. The fourth-order valence-corrected chi connectivity index (χ4v) is 5.89. The zero-order chi connectivity index (χ0) is 20.5. The normalized spacial score (nSPS) is 21.3. The van der Waals surface area contributed by atoms with Gasteiger partial charge < -0.3 is 10.2 Å². The second-order valence-electron chi connectivity index (χ2n) is 8.30. The highest BCUT2D eigenvalue weighted by Gasteiger charge is 2.31. The molecule has 7 heteroatoms. The number of likely N-dealkylation sites (tertiary alicyclic amines) is 1. The fraction of sp³-hybridized carbons (Fsp3) is 0.682. The molecule has 0 bridgehead atoms. The summed E-state index contributed by atoms with van der Waals surface area (Å²) >= 11 is 0. The van der Waals surface area contributed by atoms with Gasteiger partial charge in [-0.05, 0) is 70.1 Å². The molecular weight excluding hydrogens is 386 g/mol. The number of benzene rings is 1. The largest absolute Gasteiger partial charge is 0.356 e. The van der Waals surface area contributed by atoms with Crippen LogP contribution in [0.1, 0.15) is 44.1 Å². The van der Waals surface area contributed by atoms with Crippen LogP contribution >= 0.6 is 0 Å². The Balaban J connectivity index is 1.39. The van der Waals surface area contributed by atoms with E-state index >= 15 is 0 Å². The zero-order valence-electron chi connectivity index (χ0n) is 17.4. The summed E-state index contributed by atoms with van der Waals surface area (Å²) < 4.78 is 27.0. The number of carbonyl (C=O) groups excluding carboxylic acids is 1. The van der Waals surface area contributed by atoms with Crippen LogP contribution in [0.4, 0.5) is 0 Å². The third kappa shape index (κ3) is 7.08. The molecule has 1 aromatic carbocycles. The molecule has 2 aliphatic rings. The standard InChI is InChI=1S/C22H35N3O3S/c26-22(23-13-8-16-24-14-4-5-15-24)21-12-6-17-25(19-21)29(27,28)18-7-11-20-9-2-1-3-10-20/h1-3,9-10,21H,4-8,11-19H2,(H,23,26)/t21-/m1/s1. The Kier molecular flexibility index (Phi) is 8.51. The lowest BCUT2D eigenvalue weighted by molar-refractivity contribution is -0.126.